The van der Waals surface area contributed by atoms with Crippen molar-refractivity contribution >= 4 is 0 Å². The van der Waals surface area contributed by atoms with E-state index in [-0.39, 0.29) is 11.5 Å². The molecule has 4 aliphatic carbocycles. The third kappa shape index (κ3) is 3.60. The fourth-order valence-corrected chi connectivity index (χ4v) is 9.44. The van der Waals surface area contributed by atoms with Crippen LogP contribution in [0.4, 0.5) is 0 Å². The fraction of sp³-hybridized carbons (Fsp3) is 1.00. The van der Waals surface area contributed by atoms with Crippen molar-refractivity contribution in [1.82, 2.24) is 0 Å². The van der Waals surface area contributed by atoms with E-state index in [9.17, 15) is 5.11 Å². The number of hydrogen-bond donors (Lipinski definition) is 1. The maximum atomic E-state index is 11.8. The van der Waals surface area contributed by atoms with E-state index in [1.807, 2.05) is 7.11 Å². The summed E-state index contributed by atoms with van der Waals surface area (Å²) in [5.41, 5.74) is 0.157. The van der Waals surface area contributed by atoms with Gasteiger partial charge < -0.3 is 9.84 Å². The van der Waals surface area contributed by atoms with E-state index in [1.165, 1.54) is 51.4 Å². The van der Waals surface area contributed by atoms with E-state index in [1.54, 1.807) is 0 Å². The highest BCUT2D eigenvalue weighted by atomic mass is 16.5. The third-order valence-corrected chi connectivity index (χ3v) is 11.3. The predicted octanol–water partition coefficient (Wildman–Crippen LogP) is 7.24. The van der Waals surface area contributed by atoms with Gasteiger partial charge in [-0.3, -0.25) is 0 Å². The van der Waals surface area contributed by atoms with Crippen molar-refractivity contribution in [1.29, 1.82) is 0 Å². The van der Waals surface area contributed by atoms with Gasteiger partial charge in [-0.05, 0) is 97.7 Å². The maximum absolute atomic E-state index is 11.8. The van der Waals surface area contributed by atoms with Gasteiger partial charge in [-0.15, -0.1) is 0 Å². The lowest BCUT2D eigenvalue weighted by Gasteiger charge is -2.64. The standard InChI is InChI=1S/C28H50O2/c1-19(2)8-7-9-20(3)23-10-11-24-22-13-17-28(29)18-21(30-6)12-16-27(28,5)25(22)14-15-26(23,24)4/h19-25,29H,7-18H2,1-6H3/t20-,21+,22+,23-,24+,25+,26-,27-,28-/m1/s1. The van der Waals surface area contributed by atoms with Crippen LogP contribution in [-0.2, 0) is 4.74 Å². The third-order valence-electron chi connectivity index (χ3n) is 11.3. The van der Waals surface area contributed by atoms with Crippen molar-refractivity contribution in [3.8, 4) is 0 Å². The molecule has 0 aromatic rings. The summed E-state index contributed by atoms with van der Waals surface area (Å²) < 4.78 is 5.70. The first-order valence-electron chi connectivity index (χ1n) is 13.4. The molecular weight excluding hydrogens is 368 g/mol. The Balaban J connectivity index is 1.48. The smallest absolute Gasteiger partial charge is 0.0728 e. The minimum Gasteiger partial charge on any atom is -0.389 e. The van der Waals surface area contributed by atoms with E-state index in [0.29, 0.717) is 5.41 Å². The van der Waals surface area contributed by atoms with Crippen LogP contribution in [0.2, 0.25) is 0 Å². The topological polar surface area (TPSA) is 29.5 Å². The van der Waals surface area contributed by atoms with Gasteiger partial charge in [0, 0.05) is 13.5 Å². The summed E-state index contributed by atoms with van der Waals surface area (Å²) in [6, 6.07) is 0. The Morgan fingerprint density at radius 3 is 2.37 bits per heavy atom. The first kappa shape index (κ1) is 23.1. The van der Waals surface area contributed by atoms with Crippen LogP contribution in [0.5, 0.6) is 0 Å². The normalized spacial score (nSPS) is 49.4. The van der Waals surface area contributed by atoms with Crippen LogP contribution in [-0.4, -0.2) is 23.9 Å². The van der Waals surface area contributed by atoms with Gasteiger partial charge in [0.05, 0.1) is 11.7 Å². The monoisotopic (exact) mass is 418 g/mol. The minimum absolute atomic E-state index is 0.104. The highest BCUT2D eigenvalue weighted by molar-refractivity contribution is 5.14. The molecule has 0 radical (unpaired) electrons. The first-order chi connectivity index (χ1) is 14.1. The van der Waals surface area contributed by atoms with Crippen LogP contribution >= 0.6 is 0 Å². The lowest BCUT2D eigenvalue weighted by molar-refractivity contribution is -0.222. The average Bonchev–Trinajstić information content (AvgIpc) is 3.05. The summed E-state index contributed by atoms with van der Waals surface area (Å²) in [5, 5.41) is 11.8. The summed E-state index contributed by atoms with van der Waals surface area (Å²) >= 11 is 0. The van der Waals surface area contributed by atoms with E-state index in [4.69, 9.17) is 4.74 Å². The molecule has 1 N–H and O–H groups in total. The van der Waals surface area contributed by atoms with Crippen LogP contribution in [0, 0.1) is 46.3 Å². The number of fused-ring (bicyclic) bond motifs is 5. The van der Waals surface area contributed by atoms with Gasteiger partial charge in [-0.25, -0.2) is 0 Å². The number of rotatable bonds is 6. The molecule has 0 heterocycles. The zero-order valence-electron chi connectivity index (χ0n) is 20.9. The molecule has 4 fully saturated rings. The zero-order chi connectivity index (χ0) is 21.7. The summed E-state index contributed by atoms with van der Waals surface area (Å²) in [7, 11) is 1.83. The molecule has 4 rings (SSSR count). The van der Waals surface area contributed by atoms with Gasteiger partial charge in [0.1, 0.15) is 0 Å². The Labute approximate surface area is 186 Å². The fourth-order valence-electron chi connectivity index (χ4n) is 9.44. The number of aliphatic hydroxyl groups is 1. The Bertz CT molecular complexity index is 601. The van der Waals surface area contributed by atoms with Crippen LogP contribution in [0.25, 0.3) is 0 Å². The molecule has 0 saturated heterocycles. The summed E-state index contributed by atoms with van der Waals surface area (Å²) in [6.07, 6.45) is 15.6. The van der Waals surface area contributed by atoms with E-state index in [0.717, 1.165) is 61.2 Å². The van der Waals surface area contributed by atoms with Gasteiger partial charge in [0.15, 0.2) is 0 Å². The molecule has 4 aliphatic rings. The van der Waals surface area contributed by atoms with Crippen LogP contribution in [0.15, 0.2) is 0 Å². The lowest BCUT2D eigenvalue weighted by Crippen LogP contribution is -2.63. The zero-order valence-corrected chi connectivity index (χ0v) is 20.9. The van der Waals surface area contributed by atoms with Gasteiger partial charge in [-0.1, -0.05) is 53.9 Å². The van der Waals surface area contributed by atoms with E-state index in [2.05, 4.69) is 34.6 Å². The van der Waals surface area contributed by atoms with Crippen molar-refractivity contribution in [3.05, 3.63) is 0 Å². The summed E-state index contributed by atoms with van der Waals surface area (Å²) in [4.78, 5) is 0. The van der Waals surface area contributed by atoms with Crippen LogP contribution in [0.1, 0.15) is 112 Å². The SMILES string of the molecule is CO[C@H]1CC[C@]2(C)[C@H]3CC[C@]4(C)[C@@H]([C@H](C)CCCC(C)C)CC[C@H]4[C@@H]3CC[C@@]2(O)C1. The minimum atomic E-state index is -0.497. The molecule has 0 amide bonds. The molecule has 2 heteroatoms. The average molecular weight is 419 g/mol. The highest BCUT2D eigenvalue weighted by Gasteiger charge is 2.64. The predicted molar refractivity (Wildman–Crippen MR) is 125 cm³/mol. The Hall–Kier alpha value is -0.0800. The van der Waals surface area contributed by atoms with Crippen molar-refractivity contribution < 1.29 is 9.84 Å². The molecule has 174 valence electrons. The second-order valence-corrected chi connectivity index (χ2v) is 13.0. The lowest BCUT2D eigenvalue weighted by atomic mass is 9.43. The molecular formula is C28H50O2. The van der Waals surface area contributed by atoms with Crippen LogP contribution in [0.3, 0.4) is 0 Å². The molecule has 0 bridgehead atoms. The van der Waals surface area contributed by atoms with Gasteiger partial charge in [0.2, 0.25) is 0 Å². The molecule has 30 heavy (non-hydrogen) atoms. The van der Waals surface area contributed by atoms with E-state index < -0.39 is 5.60 Å². The van der Waals surface area contributed by atoms with Crippen molar-refractivity contribution in [2.24, 2.45) is 46.3 Å². The van der Waals surface area contributed by atoms with Crippen molar-refractivity contribution in [2.45, 2.75) is 123 Å². The maximum Gasteiger partial charge on any atom is 0.0728 e. The number of ether oxygens (including phenoxy) is 1. The largest absolute Gasteiger partial charge is 0.389 e. The van der Waals surface area contributed by atoms with Crippen molar-refractivity contribution in [3.63, 3.8) is 0 Å². The van der Waals surface area contributed by atoms with Gasteiger partial charge in [-0.2, -0.15) is 0 Å². The number of methoxy groups -OCH3 is 1. The first-order valence-corrected chi connectivity index (χ1v) is 13.4. The molecule has 9 atom stereocenters. The summed E-state index contributed by atoms with van der Waals surface area (Å²) in [5.74, 6) is 5.12. The summed E-state index contributed by atoms with van der Waals surface area (Å²) in [6.45, 7) is 12.4. The van der Waals surface area contributed by atoms with E-state index >= 15 is 0 Å². The van der Waals surface area contributed by atoms with Gasteiger partial charge >= 0.3 is 0 Å². The van der Waals surface area contributed by atoms with Crippen molar-refractivity contribution in [2.75, 3.05) is 7.11 Å². The molecule has 2 nitrogen and oxygen atoms in total. The molecule has 0 aromatic carbocycles. The Morgan fingerprint density at radius 1 is 0.900 bits per heavy atom. The number of hydrogen-bond acceptors (Lipinski definition) is 2. The molecule has 4 saturated carbocycles. The molecule has 0 aliphatic heterocycles. The Kier molecular flexibility index (Phi) is 6.44. The molecule has 0 unspecified atom stereocenters. The van der Waals surface area contributed by atoms with Gasteiger partial charge in [0.25, 0.3) is 0 Å². The molecule has 0 spiro atoms. The second kappa shape index (κ2) is 8.36. The molecule has 0 aromatic heterocycles. The Morgan fingerprint density at radius 2 is 1.67 bits per heavy atom. The second-order valence-electron chi connectivity index (χ2n) is 13.0. The van der Waals surface area contributed by atoms with Crippen LogP contribution < -0.4 is 0 Å². The highest BCUT2D eigenvalue weighted by Crippen LogP contribution is 2.69. The quantitative estimate of drug-likeness (QED) is 0.492.